The van der Waals surface area contributed by atoms with Crippen molar-refractivity contribution in [1.29, 1.82) is 5.26 Å². The smallest absolute Gasteiger partial charge is 0.118 e. The lowest BCUT2D eigenvalue weighted by Gasteiger charge is -2.04. The molecule has 2 aromatic rings. The zero-order valence-electron chi connectivity index (χ0n) is 12.9. The summed E-state index contributed by atoms with van der Waals surface area (Å²) in [6, 6.07) is 17.3. The SMILES string of the molecule is COc1ccc([C@@H]2O[C@@]2(C)/C=C(\C#N)c2ccc(Cl)cc2)cc1. The van der Waals surface area contributed by atoms with Crippen molar-refractivity contribution in [2.75, 3.05) is 7.11 Å². The van der Waals surface area contributed by atoms with Crippen LogP contribution in [0.5, 0.6) is 5.75 Å². The van der Waals surface area contributed by atoms with Gasteiger partial charge in [-0.3, -0.25) is 0 Å². The molecule has 2 aromatic carbocycles. The van der Waals surface area contributed by atoms with Crippen molar-refractivity contribution in [1.82, 2.24) is 0 Å². The molecule has 1 heterocycles. The summed E-state index contributed by atoms with van der Waals surface area (Å²) >= 11 is 5.90. The Balaban J connectivity index is 1.83. The van der Waals surface area contributed by atoms with E-state index in [1.54, 1.807) is 19.2 Å². The largest absolute Gasteiger partial charge is 0.497 e. The van der Waals surface area contributed by atoms with Gasteiger partial charge in [0, 0.05) is 5.02 Å². The predicted octanol–water partition coefficient (Wildman–Crippen LogP) is 4.79. The van der Waals surface area contributed by atoms with Gasteiger partial charge < -0.3 is 9.47 Å². The molecule has 23 heavy (non-hydrogen) atoms. The lowest BCUT2D eigenvalue weighted by atomic mass is 9.96. The third-order valence-electron chi connectivity index (χ3n) is 3.96. The highest BCUT2D eigenvalue weighted by Gasteiger charge is 2.51. The summed E-state index contributed by atoms with van der Waals surface area (Å²) in [7, 11) is 1.64. The number of benzene rings is 2. The maximum atomic E-state index is 9.44. The van der Waals surface area contributed by atoms with Gasteiger partial charge >= 0.3 is 0 Å². The zero-order chi connectivity index (χ0) is 16.4. The van der Waals surface area contributed by atoms with Crippen LogP contribution in [0.15, 0.2) is 54.6 Å². The standard InChI is InChI=1S/C19H16ClNO2/c1-19(11-15(12-21)13-3-7-16(20)8-4-13)18(23-19)14-5-9-17(22-2)10-6-14/h3-11,18H,1-2H3/b15-11+/t18-,19-/m0/s1. The van der Waals surface area contributed by atoms with Crippen molar-refractivity contribution in [3.05, 3.63) is 70.8 Å². The van der Waals surface area contributed by atoms with Gasteiger partial charge in [0.15, 0.2) is 0 Å². The fourth-order valence-corrected chi connectivity index (χ4v) is 2.73. The minimum atomic E-state index is -0.473. The molecule has 0 N–H and O–H groups in total. The highest BCUT2D eigenvalue weighted by Crippen LogP contribution is 2.51. The summed E-state index contributed by atoms with van der Waals surface area (Å²) in [6.07, 6.45) is 1.83. The first-order valence-corrected chi connectivity index (χ1v) is 7.64. The van der Waals surface area contributed by atoms with Crippen molar-refractivity contribution >= 4 is 17.2 Å². The number of nitriles is 1. The molecule has 0 spiro atoms. The van der Waals surface area contributed by atoms with Crippen molar-refractivity contribution < 1.29 is 9.47 Å². The van der Waals surface area contributed by atoms with Crippen molar-refractivity contribution in [3.63, 3.8) is 0 Å². The highest BCUT2D eigenvalue weighted by molar-refractivity contribution is 6.30. The Hall–Kier alpha value is -2.28. The van der Waals surface area contributed by atoms with Crippen LogP contribution < -0.4 is 4.74 Å². The Morgan fingerprint density at radius 3 is 2.43 bits per heavy atom. The van der Waals surface area contributed by atoms with Gasteiger partial charge in [-0.15, -0.1) is 0 Å². The van der Waals surface area contributed by atoms with E-state index < -0.39 is 5.60 Å². The molecule has 1 saturated heterocycles. The second-order valence-corrected chi connectivity index (χ2v) is 6.07. The first-order chi connectivity index (χ1) is 11.1. The molecule has 0 bridgehead atoms. The number of hydrogen-bond acceptors (Lipinski definition) is 3. The van der Waals surface area contributed by atoms with Gasteiger partial charge in [-0.2, -0.15) is 5.26 Å². The minimum Gasteiger partial charge on any atom is -0.497 e. The third-order valence-corrected chi connectivity index (χ3v) is 4.21. The van der Waals surface area contributed by atoms with Crippen molar-refractivity contribution in [2.24, 2.45) is 0 Å². The highest BCUT2D eigenvalue weighted by atomic mass is 35.5. The molecule has 2 atom stereocenters. The molecule has 4 heteroatoms. The Bertz CT molecular complexity index is 775. The van der Waals surface area contributed by atoms with Crippen LogP contribution in [-0.2, 0) is 4.74 Å². The Kier molecular flexibility index (Phi) is 4.12. The monoisotopic (exact) mass is 325 g/mol. The number of epoxide rings is 1. The first kappa shape index (κ1) is 15.6. The molecule has 0 aromatic heterocycles. The number of nitrogens with zero attached hydrogens (tertiary/aromatic N) is 1. The molecule has 0 amide bonds. The maximum Gasteiger partial charge on any atom is 0.118 e. The summed E-state index contributed by atoms with van der Waals surface area (Å²) in [4.78, 5) is 0. The van der Waals surface area contributed by atoms with E-state index in [2.05, 4.69) is 6.07 Å². The van der Waals surface area contributed by atoms with Gasteiger partial charge in [-0.05, 0) is 48.4 Å². The number of rotatable bonds is 4. The van der Waals surface area contributed by atoms with Crippen LogP contribution in [0.3, 0.4) is 0 Å². The maximum absolute atomic E-state index is 9.44. The molecule has 116 valence electrons. The van der Waals surface area contributed by atoms with Gasteiger partial charge in [-0.25, -0.2) is 0 Å². The van der Waals surface area contributed by atoms with Crippen LogP contribution >= 0.6 is 11.6 Å². The number of methoxy groups -OCH3 is 1. The number of ether oxygens (including phenoxy) is 2. The van der Waals surface area contributed by atoms with Crippen molar-refractivity contribution in [2.45, 2.75) is 18.6 Å². The topological polar surface area (TPSA) is 45.5 Å². The van der Waals surface area contributed by atoms with E-state index in [-0.39, 0.29) is 6.10 Å². The van der Waals surface area contributed by atoms with E-state index in [1.165, 1.54) is 0 Å². The fraction of sp³-hybridized carbons (Fsp3) is 0.211. The Morgan fingerprint density at radius 2 is 1.87 bits per heavy atom. The van der Waals surface area contributed by atoms with Crippen LogP contribution in [0.25, 0.3) is 5.57 Å². The predicted molar refractivity (Wildman–Crippen MR) is 90.3 cm³/mol. The molecule has 1 aliphatic rings. The second kappa shape index (κ2) is 6.08. The van der Waals surface area contributed by atoms with E-state index in [4.69, 9.17) is 21.1 Å². The van der Waals surface area contributed by atoms with E-state index in [0.29, 0.717) is 10.6 Å². The Labute approximate surface area is 140 Å². The van der Waals surface area contributed by atoms with Gasteiger partial charge in [0.05, 0.1) is 18.8 Å². The normalized spacial score (nSPS) is 23.2. The number of halogens is 1. The Morgan fingerprint density at radius 1 is 1.22 bits per heavy atom. The van der Waals surface area contributed by atoms with E-state index >= 15 is 0 Å². The first-order valence-electron chi connectivity index (χ1n) is 7.26. The van der Waals surface area contributed by atoms with Gasteiger partial charge in [0.25, 0.3) is 0 Å². The van der Waals surface area contributed by atoms with Crippen LogP contribution in [0, 0.1) is 11.3 Å². The quantitative estimate of drug-likeness (QED) is 0.600. The number of allylic oxidation sites excluding steroid dienone is 1. The molecule has 0 saturated carbocycles. The van der Waals surface area contributed by atoms with E-state index in [9.17, 15) is 5.26 Å². The molecule has 0 radical (unpaired) electrons. The molecule has 1 fully saturated rings. The minimum absolute atomic E-state index is 0.0518. The second-order valence-electron chi connectivity index (χ2n) is 5.63. The van der Waals surface area contributed by atoms with Crippen LogP contribution in [0.1, 0.15) is 24.2 Å². The van der Waals surface area contributed by atoms with Crippen molar-refractivity contribution in [3.8, 4) is 11.8 Å². The summed E-state index contributed by atoms with van der Waals surface area (Å²) in [5.74, 6) is 0.811. The van der Waals surface area contributed by atoms with Crippen LogP contribution in [0.4, 0.5) is 0 Å². The van der Waals surface area contributed by atoms with Crippen LogP contribution in [-0.4, -0.2) is 12.7 Å². The number of hydrogen-bond donors (Lipinski definition) is 0. The third kappa shape index (κ3) is 3.24. The molecule has 1 aliphatic heterocycles. The molecular formula is C19H16ClNO2. The van der Waals surface area contributed by atoms with Gasteiger partial charge in [0.1, 0.15) is 17.5 Å². The molecular weight excluding hydrogens is 310 g/mol. The summed E-state index contributed by atoms with van der Waals surface area (Å²) < 4.78 is 11.0. The lowest BCUT2D eigenvalue weighted by Crippen LogP contribution is -2.03. The van der Waals surface area contributed by atoms with E-state index in [0.717, 1.165) is 16.9 Å². The van der Waals surface area contributed by atoms with Crippen LogP contribution in [0.2, 0.25) is 5.02 Å². The summed E-state index contributed by atoms with van der Waals surface area (Å²) in [5.41, 5.74) is 2.01. The van der Waals surface area contributed by atoms with Gasteiger partial charge in [-0.1, -0.05) is 35.9 Å². The molecule has 3 nitrogen and oxygen atoms in total. The average Bonchev–Trinajstić information content (AvgIpc) is 3.25. The molecule has 0 unspecified atom stereocenters. The summed E-state index contributed by atoms with van der Waals surface area (Å²) in [6.45, 7) is 1.98. The fourth-order valence-electron chi connectivity index (χ4n) is 2.60. The van der Waals surface area contributed by atoms with Gasteiger partial charge in [0.2, 0.25) is 0 Å². The lowest BCUT2D eigenvalue weighted by molar-refractivity contribution is 0.345. The van der Waals surface area contributed by atoms with E-state index in [1.807, 2.05) is 49.4 Å². The summed E-state index contributed by atoms with van der Waals surface area (Å²) in [5, 5.41) is 10.1. The zero-order valence-corrected chi connectivity index (χ0v) is 13.7. The molecule has 3 rings (SSSR count). The molecule has 0 aliphatic carbocycles. The average molecular weight is 326 g/mol.